The van der Waals surface area contributed by atoms with Crippen LogP contribution in [-0.2, 0) is 6.54 Å². The van der Waals surface area contributed by atoms with Crippen LogP contribution in [0.2, 0.25) is 0 Å². The Morgan fingerprint density at radius 2 is 1.68 bits per heavy atom. The van der Waals surface area contributed by atoms with E-state index in [0.717, 1.165) is 45.9 Å². The van der Waals surface area contributed by atoms with E-state index in [1.807, 2.05) is 48.7 Å². The van der Waals surface area contributed by atoms with Gasteiger partial charge in [-0.05, 0) is 47.9 Å². The number of carbonyl (C=O) groups excluding carboxylic acids is 1. The third-order valence-corrected chi connectivity index (χ3v) is 4.83. The van der Waals surface area contributed by atoms with Gasteiger partial charge in [0.05, 0.1) is 0 Å². The molecule has 1 aromatic heterocycles. The van der Waals surface area contributed by atoms with Crippen LogP contribution in [0.5, 0.6) is 0 Å². The molecule has 0 saturated heterocycles. The predicted octanol–water partition coefficient (Wildman–Crippen LogP) is 5.74. The van der Waals surface area contributed by atoms with Crippen LogP contribution in [0, 0.1) is 6.92 Å². The van der Waals surface area contributed by atoms with Crippen LogP contribution in [0.1, 0.15) is 34.8 Å². The van der Waals surface area contributed by atoms with E-state index in [9.17, 15) is 4.79 Å². The summed E-state index contributed by atoms with van der Waals surface area (Å²) in [5, 5.41) is 3.35. The molecule has 4 rings (SSSR count). The lowest BCUT2D eigenvalue weighted by atomic mass is 9.96. The number of nitrogens with zero attached hydrogens (tertiary/aromatic N) is 1. The van der Waals surface area contributed by atoms with Gasteiger partial charge in [0.15, 0.2) is 5.78 Å². The maximum atomic E-state index is 13.3. The molecule has 0 aliphatic heterocycles. The van der Waals surface area contributed by atoms with Gasteiger partial charge in [0, 0.05) is 34.8 Å². The lowest BCUT2D eigenvalue weighted by Gasteiger charge is -2.06. The Morgan fingerprint density at radius 1 is 0.960 bits per heavy atom. The Bertz CT molecular complexity index is 1090. The predicted molar refractivity (Wildman–Crippen MR) is 104 cm³/mol. The number of carbonyl (C=O) groups is 1. The van der Waals surface area contributed by atoms with Crippen molar-refractivity contribution < 1.29 is 4.79 Å². The zero-order valence-corrected chi connectivity index (χ0v) is 14.6. The minimum atomic E-state index is 0.0971. The van der Waals surface area contributed by atoms with E-state index >= 15 is 0 Å². The van der Waals surface area contributed by atoms with Crippen LogP contribution in [0.15, 0.2) is 66.9 Å². The smallest absolute Gasteiger partial charge is 0.195 e. The number of aryl methyl sites for hydroxylation is 2. The molecule has 2 heteroatoms. The molecule has 0 aliphatic rings. The van der Waals surface area contributed by atoms with Gasteiger partial charge < -0.3 is 4.57 Å². The lowest BCUT2D eigenvalue weighted by molar-refractivity contribution is 0.104. The number of aromatic nitrogens is 1. The van der Waals surface area contributed by atoms with Gasteiger partial charge in [-0.2, -0.15) is 0 Å². The number of fused-ring (bicyclic) bond motifs is 2. The number of hydrogen-bond donors (Lipinski definition) is 0. The fraction of sp³-hybridized carbons (Fsp3) is 0.174. The van der Waals surface area contributed by atoms with Gasteiger partial charge in [-0.3, -0.25) is 4.79 Å². The number of ketones is 1. The molecule has 25 heavy (non-hydrogen) atoms. The van der Waals surface area contributed by atoms with Crippen LogP contribution in [0.4, 0.5) is 0 Å². The van der Waals surface area contributed by atoms with Crippen molar-refractivity contribution in [2.75, 3.05) is 0 Å². The monoisotopic (exact) mass is 327 g/mol. The summed E-state index contributed by atoms with van der Waals surface area (Å²) in [6.45, 7) is 5.15. The minimum Gasteiger partial charge on any atom is -0.347 e. The average Bonchev–Trinajstić information content (AvgIpc) is 3.00. The summed E-state index contributed by atoms with van der Waals surface area (Å²) in [6.07, 6.45) is 3.06. The highest BCUT2D eigenvalue weighted by Gasteiger charge is 2.17. The second-order valence-electron chi connectivity index (χ2n) is 6.60. The third kappa shape index (κ3) is 2.64. The molecule has 0 radical (unpaired) electrons. The van der Waals surface area contributed by atoms with Crippen LogP contribution in [0.3, 0.4) is 0 Å². The topological polar surface area (TPSA) is 22.0 Å². The number of para-hydroxylation sites is 1. The van der Waals surface area contributed by atoms with Crippen molar-refractivity contribution in [3.05, 3.63) is 83.6 Å². The average molecular weight is 327 g/mol. The Labute approximate surface area is 147 Å². The maximum absolute atomic E-state index is 13.3. The molecular weight excluding hydrogens is 306 g/mol. The highest BCUT2D eigenvalue weighted by atomic mass is 16.1. The van der Waals surface area contributed by atoms with Gasteiger partial charge in [0.25, 0.3) is 0 Å². The van der Waals surface area contributed by atoms with Crippen molar-refractivity contribution in [2.24, 2.45) is 0 Å². The second kappa shape index (κ2) is 6.21. The fourth-order valence-electron chi connectivity index (χ4n) is 3.64. The second-order valence-corrected chi connectivity index (χ2v) is 6.60. The fourth-order valence-corrected chi connectivity index (χ4v) is 3.64. The SMILES string of the molecule is CCCn1cc(C(=O)c2cc(C)c3ccccc3c2)c2ccccc21. The Hall–Kier alpha value is -2.87. The molecule has 0 N–H and O–H groups in total. The van der Waals surface area contributed by atoms with Crippen LogP contribution < -0.4 is 0 Å². The van der Waals surface area contributed by atoms with Gasteiger partial charge >= 0.3 is 0 Å². The van der Waals surface area contributed by atoms with Crippen LogP contribution >= 0.6 is 0 Å². The van der Waals surface area contributed by atoms with Crippen LogP contribution in [0.25, 0.3) is 21.7 Å². The lowest BCUT2D eigenvalue weighted by Crippen LogP contribution is -2.02. The van der Waals surface area contributed by atoms with Crippen molar-refractivity contribution in [2.45, 2.75) is 26.8 Å². The third-order valence-electron chi connectivity index (χ3n) is 4.83. The standard InChI is InChI=1S/C23H21NO/c1-3-12-24-15-21(20-10-6-7-11-22(20)24)23(25)18-13-16(2)19-9-5-4-8-17(19)14-18/h4-11,13-15H,3,12H2,1-2H3. The first-order valence-corrected chi connectivity index (χ1v) is 8.81. The van der Waals surface area contributed by atoms with Crippen molar-refractivity contribution >= 4 is 27.5 Å². The Morgan fingerprint density at radius 3 is 2.48 bits per heavy atom. The molecule has 0 unspecified atom stereocenters. The van der Waals surface area contributed by atoms with Gasteiger partial charge in [-0.25, -0.2) is 0 Å². The molecule has 4 aromatic rings. The van der Waals surface area contributed by atoms with Crippen LogP contribution in [-0.4, -0.2) is 10.4 Å². The van der Waals surface area contributed by atoms with Gasteiger partial charge in [0.2, 0.25) is 0 Å². The first-order valence-electron chi connectivity index (χ1n) is 8.81. The van der Waals surface area contributed by atoms with E-state index in [-0.39, 0.29) is 5.78 Å². The highest BCUT2D eigenvalue weighted by Crippen LogP contribution is 2.27. The van der Waals surface area contributed by atoms with E-state index in [1.165, 1.54) is 5.39 Å². The molecule has 0 atom stereocenters. The largest absolute Gasteiger partial charge is 0.347 e. The normalized spacial score (nSPS) is 11.3. The summed E-state index contributed by atoms with van der Waals surface area (Å²) < 4.78 is 2.19. The summed E-state index contributed by atoms with van der Waals surface area (Å²) in [7, 11) is 0. The molecule has 0 spiro atoms. The quantitative estimate of drug-likeness (QED) is 0.438. The molecule has 2 nitrogen and oxygen atoms in total. The molecule has 0 fully saturated rings. The summed E-state index contributed by atoms with van der Waals surface area (Å²) in [4.78, 5) is 13.3. The summed E-state index contributed by atoms with van der Waals surface area (Å²) in [6, 6.07) is 20.4. The number of hydrogen-bond acceptors (Lipinski definition) is 1. The zero-order chi connectivity index (χ0) is 17.4. The molecule has 0 amide bonds. The summed E-state index contributed by atoms with van der Waals surface area (Å²) in [5.74, 6) is 0.0971. The van der Waals surface area contributed by atoms with E-state index in [4.69, 9.17) is 0 Å². The molecule has 0 aliphatic carbocycles. The van der Waals surface area contributed by atoms with Crippen molar-refractivity contribution in [1.29, 1.82) is 0 Å². The first-order chi connectivity index (χ1) is 12.2. The van der Waals surface area contributed by atoms with Gasteiger partial charge in [-0.15, -0.1) is 0 Å². The molecular formula is C23H21NO. The van der Waals surface area contributed by atoms with Gasteiger partial charge in [0.1, 0.15) is 0 Å². The molecule has 3 aromatic carbocycles. The zero-order valence-electron chi connectivity index (χ0n) is 14.6. The Balaban J connectivity index is 1.88. The first kappa shape index (κ1) is 15.6. The molecule has 0 saturated carbocycles. The molecule has 0 bridgehead atoms. The van der Waals surface area contributed by atoms with E-state index in [0.29, 0.717) is 0 Å². The minimum absolute atomic E-state index is 0.0971. The van der Waals surface area contributed by atoms with Crippen molar-refractivity contribution in [3.8, 4) is 0 Å². The highest BCUT2D eigenvalue weighted by molar-refractivity contribution is 6.17. The summed E-state index contributed by atoms with van der Waals surface area (Å²) >= 11 is 0. The van der Waals surface area contributed by atoms with Crippen molar-refractivity contribution in [3.63, 3.8) is 0 Å². The van der Waals surface area contributed by atoms with E-state index in [1.54, 1.807) is 0 Å². The van der Waals surface area contributed by atoms with E-state index in [2.05, 4.69) is 36.6 Å². The molecule has 1 heterocycles. The maximum Gasteiger partial charge on any atom is 0.195 e. The Kier molecular flexibility index (Phi) is 3.89. The number of benzene rings is 3. The van der Waals surface area contributed by atoms with E-state index < -0.39 is 0 Å². The molecule has 124 valence electrons. The summed E-state index contributed by atoms with van der Waals surface area (Å²) in [5.41, 5.74) is 3.82. The van der Waals surface area contributed by atoms with Gasteiger partial charge in [-0.1, -0.05) is 49.4 Å². The number of rotatable bonds is 4. The van der Waals surface area contributed by atoms with Crippen molar-refractivity contribution in [1.82, 2.24) is 4.57 Å².